The molecule has 1 unspecified atom stereocenters. The molecule has 1 atom stereocenters. The van der Waals surface area contributed by atoms with Crippen LogP contribution >= 0.6 is 15.9 Å². The van der Waals surface area contributed by atoms with Gasteiger partial charge in [0.05, 0.1) is 0 Å². The van der Waals surface area contributed by atoms with Crippen LogP contribution < -0.4 is 5.73 Å². The second kappa shape index (κ2) is 5.98. The molecule has 0 spiro atoms. The molecule has 0 amide bonds. The molecule has 1 fully saturated rings. The predicted molar refractivity (Wildman–Crippen MR) is 74.0 cm³/mol. The summed E-state index contributed by atoms with van der Waals surface area (Å²) < 4.78 is 6.51. The van der Waals surface area contributed by atoms with E-state index < -0.39 is 0 Å². The van der Waals surface area contributed by atoms with Gasteiger partial charge in [0.15, 0.2) is 0 Å². The van der Waals surface area contributed by atoms with Crippen LogP contribution in [-0.4, -0.2) is 13.2 Å². The average molecular weight is 298 g/mol. The van der Waals surface area contributed by atoms with Crippen LogP contribution in [0.1, 0.15) is 36.4 Å². The number of halogens is 1. The third-order valence-electron chi connectivity index (χ3n) is 3.48. The molecule has 0 aliphatic carbocycles. The molecule has 94 valence electrons. The van der Waals surface area contributed by atoms with E-state index in [2.05, 4.69) is 41.1 Å². The van der Waals surface area contributed by atoms with Crippen LogP contribution in [0.4, 0.5) is 0 Å². The molecule has 1 aliphatic heterocycles. The molecule has 1 heterocycles. The molecule has 0 saturated carbocycles. The fourth-order valence-electron chi connectivity index (χ4n) is 2.42. The topological polar surface area (TPSA) is 35.2 Å². The van der Waals surface area contributed by atoms with E-state index in [1.54, 1.807) is 0 Å². The maximum atomic E-state index is 6.32. The van der Waals surface area contributed by atoms with E-state index in [1.165, 1.54) is 11.1 Å². The highest BCUT2D eigenvalue weighted by Gasteiger charge is 2.19. The summed E-state index contributed by atoms with van der Waals surface area (Å²) in [7, 11) is 0. The summed E-state index contributed by atoms with van der Waals surface area (Å²) in [6, 6.07) is 6.52. The average Bonchev–Trinajstić information content (AvgIpc) is 2.33. The van der Waals surface area contributed by atoms with Gasteiger partial charge in [0.1, 0.15) is 0 Å². The molecule has 0 bridgehead atoms. The first-order valence-corrected chi connectivity index (χ1v) is 7.05. The number of ether oxygens (including phenoxy) is 1. The molecule has 2 nitrogen and oxygen atoms in total. The summed E-state index contributed by atoms with van der Waals surface area (Å²) in [5, 5.41) is 0. The van der Waals surface area contributed by atoms with Crippen molar-refractivity contribution in [2.24, 2.45) is 11.7 Å². The lowest BCUT2D eigenvalue weighted by Gasteiger charge is -2.25. The quantitative estimate of drug-likeness (QED) is 0.926. The van der Waals surface area contributed by atoms with Crippen LogP contribution in [0.2, 0.25) is 0 Å². The van der Waals surface area contributed by atoms with Gasteiger partial charge in [-0.1, -0.05) is 33.6 Å². The third-order valence-corrected chi connectivity index (χ3v) is 4.20. The van der Waals surface area contributed by atoms with Crippen LogP contribution in [0.25, 0.3) is 0 Å². The van der Waals surface area contributed by atoms with Gasteiger partial charge in [-0.15, -0.1) is 0 Å². The van der Waals surface area contributed by atoms with Gasteiger partial charge in [0, 0.05) is 23.7 Å². The van der Waals surface area contributed by atoms with Crippen molar-refractivity contribution >= 4 is 15.9 Å². The smallest absolute Gasteiger partial charge is 0.0468 e. The van der Waals surface area contributed by atoms with E-state index in [-0.39, 0.29) is 6.04 Å². The number of nitrogens with two attached hydrogens (primary N) is 1. The largest absolute Gasteiger partial charge is 0.381 e. The zero-order chi connectivity index (χ0) is 12.3. The predicted octanol–water partition coefficient (Wildman–Crippen LogP) is 3.57. The second-order valence-electron chi connectivity index (χ2n) is 4.92. The molecule has 1 aromatic carbocycles. The summed E-state index contributed by atoms with van der Waals surface area (Å²) in [4.78, 5) is 0. The normalized spacial score (nSPS) is 19.2. The number of rotatable bonds is 3. The zero-order valence-electron chi connectivity index (χ0n) is 10.3. The van der Waals surface area contributed by atoms with Gasteiger partial charge in [-0.3, -0.25) is 0 Å². The standard InChI is InChI=1S/C14H20BrNO/c1-10-2-3-13(15)12(8-10)14(16)9-11-4-6-17-7-5-11/h2-3,8,11,14H,4-7,9,16H2,1H3. The van der Waals surface area contributed by atoms with Gasteiger partial charge >= 0.3 is 0 Å². The molecule has 1 aromatic rings. The van der Waals surface area contributed by atoms with Gasteiger partial charge in [-0.2, -0.15) is 0 Å². The van der Waals surface area contributed by atoms with Gasteiger partial charge in [0.25, 0.3) is 0 Å². The summed E-state index contributed by atoms with van der Waals surface area (Å²) in [5.74, 6) is 0.714. The van der Waals surface area contributed by atoms with Gasteiger partial charge in [-0.05, 0) is 43.7 Å². The van der Waals surface area contributed by atoms with Crippen molar-refractivity contribution in [3.05, 3.63) is 33.8 Å². The summed E-state index contributed by atoms with van der Waals surface area (Å²) in [5.41, 5.74) is 8.83. The highest BCUT2D eigenvalue weighted by Crippen LogP contribution is 2.30. The van der Waals surface area contributed by atoms with Crippen molar-refractivity contribution in [2.75, 3.05) is 13.2 Å². The van der Waals surface area contributed by atoms with Crippen molar-refractivity contribution < 1.29 is 4.74 Å². The number of aryl methyl sites for hydroxylation is 1. The number of benzene rings is 1. The van der Waals surface area contributed by atoms with E-state index in [1.807, 2.05) is 0 Å². The van der Waals surface area contributed by atoms with E-state index in [0.717, 1.165) is 36.9 Å². The lowest BCUT2D eigenvalue weighted by atomic mass is 9.89. The second-order valence-corrected chi connectivity index (χ2v) is 5.78. The summed E-state index contributed by atoms with van der Waals surface area (Å²) in [6.45, 7) is 3.90. The Morgan fingerprint density at radius 3 is 2.82 bits per heavy atom. The van der Waals surface area contributed by atoms with Crippen molar-refractivity contribution in [2.45, 2.75) is 32.2 Å². The van der Waals surface area contributed by atoms with Crippen LogP contribution in [0.5, 0.6) is 0 Å². The summed E-state index contributed by atoms with van der Waals surface area (Å²) in [6.07, 6.45) is 3.36. The van der Waals surface area contributed by atoms with Gasteiger partial charge in [0.2, 0.25) is 0 Å². The minimum absolute atomic E-state index is 0.132. The summed E-state index contributed by atoms with van der Waals surface area (Å²) >= 11 is 3.59. The SMILES string of the molecule is Cc1ccc(Br)c(C(N)CC2CCOCC2)c1. The molecule has 2 rings (SSSR count). The van der Waals surface area contributed by atoms with Crippen LogP contribution in [0.15, 0.2) is 22.7 Å². The maximum Gasteiger partial charge on any atom is 0.0468 e. The molecule has 0 radical (unpaired) electrons. The first-order chi connectivity index (χ1) is 8.16. The minimum Gasteiger partial charge on any atom is -0.381 e. The Labute approximate surface area is 112 Å². The van der Waals surface area contributed by atoms with Crippen LogP contribution in [-0.2, 0) is 4.74 Å². The Kier molecular flexibility index (Phi) is 4.60. The Morgan fingerprint density at radius 2 is 2.12 bits per heavy atom. The lowest BCUT2D eigenvalue weighted by molar-refractivity contribution is 0.0618. The Bertz CT molecular complexity index is 374. The zero-order valence-corrected chi connectivity index (χ0v) is 11.9. The number of hydrogen-bond acceptors (Lipinski definition) is 2. The van der Waals surface area contributed by atoms with E-state index in [4.69, 9.17) is 10.5 Å². The number of hydrogen-bond donors (Lipinski definition) is 1. The molecular formula is C14H20BrNO. The van der Waals surface area contributed by atoms with Crippen molar-refractivity contribution in [3.8, 4) is 0 Å². The molecule has 17 heavy (non-hydrogen) atoms. The van der Waals surface area contributed by atoms with E-state index in [9.17, 15) is 0 Å². The van der Waals surface area contributed by atoms with E-state index in [0.29, 0.717) is 5.92 Å². The highest BCUT2D eigenvalue weighted by molar-refractivity contribution is 9.10. The van der Waals surface area contributed by atoms with Crippen LogP contribution in [0, 0.1) is 12.8 Å². The lowest BCUT2D eigenvalue weighted by Crippen LogP contribution is -2.21. The molecule has 1 aliphatic rings. The molecule has 1 saturated heterocycles. The van der Waals surface area contributed by atoms with Gasteiger partial charge < -0.3 is 10.5 Å². The van der Waals surface area contributed by atoms with Crippen molar-refractivity contribution in [1.29, 1.82) is 0 Å². The molecule has 3 heteroatoms. The fraction of sp³-hybridized carbons (Fsp3) is 0.571. The Balaban J connectivity index is 2.02. The minimum atomic E-state index is 0.132. The molecular weight excluding hydrogens is 278 g/mol. The Hall–Kier alpha value is -0.380. The fourth-order valence-corrected chi connectivity index (χ4v) is 2.96. The van der Waals surface area contributed by atoms with Crippen LogP contribution in [0.3, 0.4) is 0 Å². The monoisotopic (exact) mass is 297 g/mol. The highest BCUT2D eigenvalue weighted by atomic mass is 79.9. The molecule has 0 aromatic heterocycles. The maximum absolute atomic E-state index is 6.32. The third kappa shape index (κ3) is 3.54. The van der Waals surface area contributed by atoms with Crippen molar-refractivity contribution in [1.82, 2.24) is 0 Å². The first kappa shape index (κ1) is 13.1. The molecule has 2 N–H and O–H groups in total. The van der Waals surface area contributed by atoms with Crippen molar-refractivity contribution in [3.63, 3.8) is 0 Å². The Morgan fingerprint density at radius 1 is 1.41 bits per heavy atom. The first-order valence-electron chi connectivity index (χ1n) is 6.26. The van der Waals surface area contributed by atoms with E-state index >= 15 is 0 Å². The van der Waals surface area contributed by atoms with Gasteiger partial charge in [-0.25, -0.2) is 0 Å².